The van der Waals surface area contributed by atoms with Gasteiger partial charge in [0.2, 0.25) is 0 Å². The van der Waals surface area contributed by atoms with E-state index in [2.05, 4.69) is 20.8 Å². The molecule has 0 radical (unpaired) electrons. The highest BCUT2D eigenvalue weighted by molar-refractivity contribution is 6.34. The lowest BCUT2D eigenvalue weighted by Crippen LogP contribution is -2.69. The highest BCUT2D eigenvalue weighted by Crippen LogP contribution is 2.69. The van der Waals surface area contributed by atoms with Gasteiger partial charge in [-0.15, -0.1) is 0 Å². The summed E-state index contributed by atoms with van der Waals surface area (Å²) in [5.41, 5.74) is -0.996. The van der Waals surface area contributed by atoms with Gasteiger partial charge in [-0.2, -0.15) is 0 Å². The number of ether oxygens (including phenoxy) is 5. The number of rotatable bonds is 7. The lowest BCUT2D eigenvalue weighted by atomic mass is 9.43. The zero-order chi connectivity index (χ0) is 33.0. The molecule has 4 aliphatic rings. The van der Waals surface area contributed by atoms with Crippen molar-refractivity contribution in [1.29, 1.82) is 0 Å². The van der Waals surface area contributed by atoms with E-state index in [-0.39, 0.29) is 36.1 Å². The van der Waals surface area contributed by atoms with E-state index < -0.39 is 28.9 Å². The number of esters is 2. The van der Waals surface area contributed by atoms with Crippen LogP contribution in [-0.4, -0.2) is 54.9 Å². The Balaban J connectivity index is 1.27. The molecule has 2 heterocycles. The van der Waals surface area contributed by atoms with Crippen molar-refractivity contribution in [3.8, 4) is 0 Å². The zero-order valence-corrected chi connectivity index (χ0v) is 29.0. The minimum atomic E-state index is -0.851. The molecule has 6 rings (SSSR count). The Bertz CT molecular complexity index is 1480. The summed E-state index contributed by atoms with van der Waals surface area (Å²) in [5.74, 6) is -0.988. The first kappa shape index (κ1) is 33.7. The van der Waals surface area contributed by atoms with Gasteiger partial charge in [-0.05, 0) is 88.5 Å². The fourth-order valence-electron chi connectivity index (χ4n) is 9.28. The number of carbonyl (C=O) groups is 2. The van der Waals surface area contributed by atoms with Crippen LogP contribution in [-0.2, 0) is 23.7 Å². The molecule has 0 amide bonds. The smallest absolute Gasteiger partial charge is 0.339 e. The highest BCUT2D eigenvalue weighted by Gasteiger charge is 2.70. The first-order valence-corrected chi connectivity index (χ1v) is 17.4. The molecule has 4 fully saturated rings. The molecular formula is C37H46Cl2O7. The Morgan fingerprint density at radius 2 is 1.48 bits per heavy atom. The van der Waals surface area contributed by atoms with Gasteiger partial charge in [-0.1, -0.05) is 68.2 Å². The SMILES string of the molecule is C[C@@H]1CC[C@@H]2[C@]3(C)COC(C)(C)O[C@H]3CC[C@]2(C)[C@]12CC[C@](CCOC(=O)c1ccccc1Cl)(COC(=O)c1ccccc1Cl)O2. The fourth-order valence-corrected chi connectivity index (χ4v) is 9.71. The van der Waals surface area contributed by atoms with Crippen molar-refractivity contribution in [1.82, 2.24) is 0 Å². The van der Waals surface area contributed by atoms with E-state index >= 15 is 0 Å². The minimum Gasteiger partial charge on any atom is -0.462 e. The Hall–Kier alpha value is -2.16. The molecule has 0 N–H and O–H groups in total. The maximum Gasteiger partial charge on any atom is 0.339 e. The molecule has 0 bridgehead atoms. The van der Waals surface area contributed by atoms with E-state index in [9.17, 15) is 9.59 Å². The van der Waals surface area contributed by atoms with Gasteiger partial charge in [0.1, 0.15) is 12.2 Å². The first-order chi connectivity index (χ1) is 21.7. The maximum absolute atomic E-state index is 13.3. The van der Waals surface area contributed by atoms with Gasteiger partial charge in [0.25, 0.3) is 0 Å². The van der Waals surface area contributed by atoms with Crippen LogP contribution in [0.4, 0.5) is 0 Å². The predicted octanol–water partition coefficient (Wildman–Crippen LogP) is 8.69. The van der Waals surface area contributed by atoms with Crippen molar-refractivity contribution in [3.63, 3.8) is 0 Å². The van der Waals surface area contributed by atoms with Crippen LogP contribution >= 0.6 is 23.2 Å². The van der Waals surface area contributed by atoms with Crippen LogP contribution in [0, 0.1) is 22.7 Å². The predicted molar refractivity (Wildman–Crippen MR) is 176 cm³/mol. The summed E-state index contributed by atoms with van der Waals surface area (Å²) in [5, 5.41) is 0.672. The molecule has 1 spiro atoms. The lowest BCUT2D eigenvalue weighted by Gasteiger charge is -2.67. The van der Waals surface area contributed by atoms with Crippen LogP contribution in [0.25, 0.3) is 0 Å². The molecule has 46 heavy (non-hydrogen) atoms. The van der Waals surface area contributed by atoms with Gasteiger partial charge in [-0.3, -0.25) is 0 Å². The van der Waals surface area contributed by atoms with Gasteiger partial charge in [-0.25, -0.2) is 9.59 Å². The second kappa shape index (κ2) is 12.4. The summed E-state index contributed by atoms with van der Waals surface area (Å²) in [7, 11) is 0. The van der Waals surface area contributed by atoms with Crippen molar-refractivity contribution in [2.75, 3.05) is 19.8 Å². The topological polar surface area (TPSA) is 80.3 Å². The normalized spacial score (nSPS) is 36.5. The van der Waals surface area contributed by atoms with Crippen molar-refractivity contribution < 1.29 is 33.3 Å². The van der Waals surface area contributed by atoms with Crippen molar-refractivity contribution >= 4 is 35.1 Å². The molecule has 2 aromatic rings. The fraction of sp³-hybridized carbons (Fsp3) is 0.622. The minimum absolute atomic E-state index is 0.0240. The Kier molecular flexibility index (Phi) is 9.08. The number of hydrogen-bond donors (Lipinski definition) is 0. The summed E-state index contributed by atoms with van der Waals surface area (Å²) in [4.78, 5) is 26.2. The molecule has 2 aromatic carbocycles. The number of benzene rings is 2. The maximum atomic E-state index is 13.3. The summed E-state index contributed by atoms with van der Waals surface area (Å²) < 4.78 is 32.0. The molecule has 2 aliphatic heterocycles. The van der Waals surface area contributed by atoms with E-state index in [0.29, 0.717) is 46.5 Å². The zero-order valence-electron chi connectivity index (χ0n) is 27.5. The standard InChI is InChI=1S/C37H46Cl2O7/c1-24-14-15-29-34(4)22-44-33(2,3)45-30(34)16-17-35(29,5)37(24)19-18-36(46-37,23-43-32(41)26-11-7-9-13-28(26)39)20-21-42-31(40)25-10-6-8-12-27(25)38/h6-13,24,29-30H,14-23H2,1-5H3/t24-,29-,30+,34+,35+,36+,37+/m1/s1. The molecule has 7 atom stereocenters. The summed E-state index contributed by atoms with van der Waals surface area (Å²) in [6.45, 7) is 11.8. The van der Waals surface area contributed by atoms with E-state index in [1.807, 2.05) is 13.8 Å². The average molecular weight is 674 g/mol. The quantitative estimate of drug-likeness (QED) is 0.272. The van der Waals surface area contributed by atoms with Crippen LogP contribution < -0.4 is 0 Å². The Morgan fingerprint density at radius 3 is 2.13 bits per heavy atom. The van der Waals surface area contributed by atoms with Crippen LogP contribution in [0.5, 0.6) is 0 Å². The van der Waals surface area contributed by atoms with Crippen LogP contribution in [0.3, 0.4) is 0 Å². The third kappa shape index (κ3) is 5.78. The van der Waals surface area contributed by atoms with E-state index in [1.54, 1.807) is 48.5 Å². The lowest BCUT2D eigenvalue weighted by molar-refractivity contribution is -0.359. The van der Waals surface area contributed by atoms with Crippen molar-refractivity contribution in [2.24, 2.45) is 22.7 Å². The highest BCUT2D eigenvalue weighted by atomic mass is 35.5. The monoisotopic (exact) mass is 672 g/mol. The third-order valence-electron chi connectivity index (χ3n) is 11.8. The van der Waals surface area contributed by atoms with Gasteiger partial charge in [0, 0.05) is 17.3 Å². The van der Waals surface area contributed by atoms with Gasteiger partial charge in [0.15, 0.2) is 5.79 Å². The summed E-state index contributed by atoms with van der Waals surface area (Å²) in [6, 6.07) is 13.7. The summed E-state index contributed by atoms with van der Waals surface area (Å²) in [6.07, 6.45) is 5.96. The second-order valence-electron chi connectivity index (χ2n) is 14.9. The molecule has 2 saturated heterocycles. The molecule has 7 nitrogen and oxygen atoms in total. The summed E-state index contributed by atoms with van der Waals surface area (Å²) >= 11 is 12.6. The third-order valence-corrected chi connectivity index (χ3v) is 12.5. The first-order valence-electron chi connectivity index (χ1n) is 16.6. The average Bonchev–Trinajstić information content (AvgIpc) is 3.41. The number of hydrogen-bond acceptors (Lipinski definition) is 7. The molecule has 0 aromatic heterocycles. The molecule has 2 saturated carbocycles. The van der Waals surface area contributed by atoms with Crippen LogP contribution in [0.1, 0.15) is 100 Å². The van der Waals surface area contributed by atoms with Gasteiger partial charge >= 0.3 is 11.9 Å². The molecular weight excluding hydrogens is 627 g/mol. The van der Waals surface area contributed by atoms with Gasteiger partial charge < -0.3 is 23.7 Å². The molecule has 0 unspecified atom stereocenters. The van der Waals surface area contributed by atoms with Crippen molar-refractivity contribution in [2.45, 2.75) is 103 Å². The Labute approximate surface area is 282 Å². The second-order valence-corrected chi connectivity index (χ2v) is 15.7. The van der Waals surface area contributed by atoms with E-state index in [0.717, 1.165) is 32.1 Å². The number of fused-ring (bicyclic) bond motifs is 4. The molecule has 250 valence electrons. The molecule has 2 aliphatic carbocycles. The van der Waals surface area contributed by atoms with Crippen LogP contribution in [0.2, 0.25) is 10.0 Å². The largest absolute Gasteiger partial charge is 0.462 e. The van der Waals surface area contributed by atoms with Crippen molar-refractivity contribution in [3.05, 3.63) is 69.7 Å². The molecule has 9 heteroatoms. The van der Waals surface area contributed by atoms with E-state index in [4.69, 9.17) is 46.9 Å². The van der Waals surface area contributed by atoms with Gasteiger partial charge in [0.05, 0.1) is 46.1 Å². The number of carbonyl (C=O) groups excluding carboxylic acids is 2. The Morgan fingerprint density at radius 1 is 0.848 bits per heavy atom. The number of halogens is 2. The van der Waals surface area contributed by atoms with E-state index in [1.165, 1.54) is 0 Å². The van der Waals surface area contributed by atoms with Crippen LogP contribution in [0.15, 0.2) is 48.5 Å².